The van der Waals surface area contributed by atoms with E-state index in [0.29, 0.717) is 13.1 Å². The third-order valence-electron chi connectivity index (χ3n) is 2.61. The van der Waals surface area contributed by atoms with E-state index >= 15 is 0 Å². The minimum Gasteiger partial charge on any atom is -0.368 e. The van der Waals surface area contributed by atoms with Gasteiger partial charge in [0.05, 0.1) is 13.1 Å². The zero-order valence-electron chi connectivity index (χ0n) is 13.5. The Morgan fingerprint density at radius 2 is 1.30 bits per heavy atom. The Bertz CT molecular complexity index is 480. The largest absolute Gasteiger partial charge is 0.368 e. The number of nitrogens with two attached hydrogens (primary N) is 1. The van der Waals surface area contributed by atoms with Crippen molar-refractivity contribution in [1.29, 1.82) is 0 Å². The number of carbonyl (C=O) groups is 2. The van der Waals surface area contributed by atoms with Gasteiger partial charge in [0.15, 0.2) is 0 Å². The zero-order chi connectivity index (χ0) is 17.1. The molecule has 0 saturated heterocycles. The molecule has 1 aromatic heterocycles. The van der Waals surface area contributed by atoms with E-state index in [2.05, 4.69) is 36.2 Å². The van der Waals surface area contributed by atoms with Gasteiger partial charge in [-0.1, -0.05) is 13.8 Å². The molecule has 0 aliphatic rings. The maximum absolute atomic E-state index is 11.5. The van der Waals surface area contributed by atoms with Crippen molar-refractivity contribution in [3.63, 3.8) is 0 Å². The number of hydrogen-bond acceptors (Lipinski definition) is 8. The van der Waals surface area contributed by atoms with Crippen LogP contribution in [-0.4, -0.2) is 52.9 Å². The molecule has 2 amide bonds. The van der Waals surface area contributed by atoms with Crippen molar-refractivity contribution < 1.29 is 9.59 Å². The average molecular weight is 324 g/mol. The molecule has 1 heterocycles. The average Bonchev–Trinajstić information content (AvgIpc) is 2.53. The molecule has 0 spiro atoms. The van der Waals surface area contributed by atoms with Gasteiger partial charge < -0.3 is 27.0 Å². The second kappa shape index (κ2) is 10.1. The molecule has 0 aromatic carbocycles. The van der Waals surface area contributed by atoms with Crippen LogP contribution in [0.25, 0.3) is 0 Å². The summed E-state index contributed by atoms with van der Waals surface area (Å²) in [6.45, 7) is 5.21. The van der Waals surface area contributed by atoms with E-state index in [1.165, 1.54) is 0 Å². The number of nitrogens with zero attached hydrogens (tertiary/aromatic N) is 3. The van der Waals surface area contributed by atoms with Crippen LogP contribution in [0.4, 0.5) is 17.8 Å². The summed E-state index contributed by atoms with van der Waals surface area (Å²) in [6.07, 6.45) is 1.72. The van der Waals surface area contributed by atoms with Crippen LogP contribution in [0.1, 0.15) is 26.7 Å². The summed E-state index contributed by atoms with van der Waals surface area (Å²) >= 11 is 0. The van der Waals surface area contributed by atoms with Crippen LogP contribution in [0.5, 0.6) is 0 Å². The van der Waals surface area contributed by atoms with Gasteiger partial charge in [0, 0.05) is 13.1 Å². The van der Waals surface area contributed by atoms with E-state index in [0.717, 1.165) is 12.8 Å². The van der Waals surface area contributed by atoms with Crippen LogP contribution in [-0.2, 0) is 9.59 Å². The molecule has 0 atom stereocenters. The number of anilines is 3. The van der Waals surface area contributed by atoms with Gasteiger partial charge in [-0.25, -0.2) is 0 Å². The highest BCUT2D eigenvalue weighted by molar-refractivity contribution is 5.80. The fourth-order valence-electron chi connectivity index (χ4n) is 1.52. The third-order valence-corrected chi connectivity index (χ3v) is 2.61. The Balaban J connectivity index is 2.51. The summed E-state index contributed by atoms with van der Waals surface area (Å²) in [6, 6.07) is 0. The molecule has 0 aliphatic carbocycles. The lowest BCUT2D eigenvalue weighted by atomic mass is 10.4. The Labute approximate surface area is 135 Å². The van der Waals surface area contributed by atoms with Crippen LogP contribution < -0.4 is 27.0 Å². The van der Waals surface area contributed by atoms with Gasteiger partial charge in [0.1, 0.15) is 0 Å². The van der Waals surface area contributed by atoms with Gasteiger partial charge in [0.2, 0.25) is 29.7 Å². The highest BCUT2D eigenvalue weighted by Gasteiger charge is 2.07. The number of nitrogens with one attached hydrogen (secondary N) is 4. The molecule has 128 valence electrons. The highest BCUT2D eigenvalue weighted by Crippen LogP contribution is 2.05. The standard InChI is InChI=1S/C13H24N8O2/c1-3-5-15-9(22)7-17-12-19-11(14)20-13(21-12)18-8-10(23)16-6-4-2/h3-8H2,1-2H3,(H,15,22)(H,16,23)(H4,14,17,18,19,20,21). The molecule has 10 nitrogen and oxygen atoms in total. The number of amides is 2. The second-order valence-corrected chi connectivity index (χ2v) is 4.75. The maximum Gasteiger partial charge on any atom is 0.239 e. The van der Waals surface area contributed by atoms with Crippen LogP contribution in [0.2, 0.25) is 0 Å². The molecule has 0 aliphatic heterocycles. The van der Waals surface area contributed by atoms with Crippen molar-refractivity contribution in [2.24, 2.45) is 0 Å². The van der Waals surface area contributed by atoms with Gasteiger partial charge in [0.25, 0.3) is 0 Å². The first-order chi connectivity index (χ1) is 11.0. The van der Waals surface area contributed by atoms with E-state index in [9.17, 15) is 9.59 Å². The van der Waals surface area contributed by atoms with Crippen molar-refractivity contribution in [1.82, 2.24) is 25.6 Å². The number of hydrogen-bond donors (Lipinski definition) is 5. The van der Waals surface area contributed by atoms with E-state index < -0.39 is 0 Å². The quantitative estimate of drug-likeness (QED) is 0.381. The lowest BCUT2D eigenvalue weighted by molar-refractivity contribution is -0.120. The van der Waals surface area contributed by atoms with Gasteiger partial charge >= 0.3 is 0 Å². The summed E-state index contributed by atoms with van der Waals surface area (Å²) in [7, 11) is 0. The molecule has 1 rings (SSSR count). The minimum absolute atomic E-state index is 0.00654. The molecule has 10 heteroatoms. The van der Waals surface area contributed by atoms with Crippen molar-refractivity contribution in [3.05, 3.63) is 0 Å². The predicted octanol–water partition coefficient (Wildman–Crippen LogP) is -0.670. The van der Waals surface area contributed by atoms with E-state index in [1.54, 1.807) is 0 Å². The fourth-order valence-corrected chi connectivity index (χ4v) is 1.52. The number of aromatic nitrogens is 3. The maximum atomic E-state index is 11.5. The summed E-state index contributed by atoms with van der Waals surface area (Å²) < 4.78 is 0. The van der Waals surface area contributed by atoms with Crippen molar-refractivity contribution in [2.75, 3.05) is 42.5 Å². The molecular weight excluding hydrogens is 300 g/mol. The normalized spacial score (nSPS) is 10.0. The van der Waals surface area contributed by atoms with Gasteiger partial charge in [-0.05, 0) is 12.8 Å². The zero-order valence-corrected chi connectivity index (χ0v) is 13.5. The summed E-state index contributed by atoms with van der Waals surface area (Å²) in [5, 5.41) is 11.0. The SMILES string of the molecule is CCCNC(=O)CNc1nc(N)nc(NCC(=O)NCCC)n1. The minimum atomic E-state index is -0.167. The molecule has 0 fully saturated rings. The van der Waals surface area contributed by atoms with Gasteiger partial charge in [-0.2, -0.15) is 15.0 Å². The summed E-state index contributed by atoms with van der Waals surface area (Å²) in [5.74, 6) is -0.00673. The van der Waals surface area contributed by atoms with Crippen LogP contribution >= 0.6 is 0 Å². The van der Waals surface area contributed by atoms with E-state index in [4.69, 9.17) is 5.73 Å². The lowest BCUT2D eigenvalue weighted by Gasteiger charge is -2.09. The molecule has 1 aromatic rings. The number of carbonyl (C=O) groups excluding carboxylic acids is 2. The van der Waals surface area contributed by atoms with Crippen molar-refractivity contribution in [2.45, 2.75) is 26.7 Å². The molecule has 0 bridgehead atoms. The van der Waals surface area contributed by atoms with Crippen molar-refractivity contribution in [3.8, 4) is 0 Å². The number of nitrogen functional groups attached to an aromatic ring is 1. The molecule has 0 unspecified atom stereocenters. The lowest BCUT2D eigenvalue weighted by Crippen LogP contribution is -2.31. The molecular formula is C13H24N8O2. The third kappa shape index (κ3) is 7.79. The van der Waals surface area contributed by atoms with Crippen LogP contribution in [0, 0.1) is 0 Å². The first-order valence-corrected chi connectivity index (χ1v) is 7.57. The topological polar surface area (TPSA) is 147 Å². The molecule has 23 heavy (non-hydrogen) atoms. The first kappa shape index (κ1) is 18.4. The summed E-state index contributed by atoms with van der Waals surface area (Å²) in [4.78, 5) is 34.9. The Kier molecular flexibility index (Phi) is 8.11. The Hall–Kier alpha value is -2.65. The highest BCUT2D eigenvalue weighted by atomic mass is 16.2. The molecule has 0 saturated carbocycles. The molecule has 0 radical (unpaired) electrons. The van der Waals surface area contributed by atoms with Gasteiger partial charge in [-0.3, -0.25) is 9.59 Å². The Morgan fingerprint density at radius 3 is 1.70 bits per heavy atom. The second-order valence-electron chi connectivity index (χ2n) is 4.75. The van der Waals surface area contributed by atoms with Crippen LogP contribution in [0.15, 0.2) is 0 Å². The van der Waals surface area contributed by atoms with Crippen LogP contribution in [0.3, 0.4) is 0 Å². The van der Waals surface area contributed by atoms with E-state index in [1.807, 2.05) is 13.8 Å². The smallest absolute Gasteiger partial charge is 0.239 e. The first-order valence-electron chi connectivity index (χ1n) is 7.57. The monoisotopic (exact) mass is 324 g/mol. The summed E-state index contributed by atoms with van der Waals surface area (Å²) in [5.41, 5.74) is 5.59. The Morgan fingerprint density at radius 1 is 0.870 bits per heavy atom. The molecule has 6 N–H and O–H groups in total. The predicted molar refractivity (Wildman–Crippen MR) is 87.8 cm³/mol. The number of rotatable bonds is 10. The van der Waals surface area contributed by atoms with Gasteiger partial charge in [-0.15, -0.1) is 0 Å². The van der Waals surface area contributed by atoms with Crippen molar-refractivity contribution >= 4 is 29.7 Å². The van der Waals surface area contributed by atoms with E-state index in [-0.39, 0.29) is 42.7 Å². The fraction of sp³-hybridized carbons (Fsp3) is 0.615.